The maximum absolute atomic E-state index is 11.2. The van der Waals surface area contributed by atoms with Gasteiger partial charge in [-0.3, -0.25) is 9.59 Å². The van der Waals surface area contributed by atoms with Gasteiger partial charge in [0, 0.05) is 13.0 Å². The summed E-state index contributed by atoms with van der Waals surface area (Å²) in [6.07, 6.45) is 13.0. The minimum absolute atomic E-state index is 0.233. The van der Waals surface area contributed by atoms with Crippen LogP contribution in [0.25, 0.3) is 0 Å². The molecule has 3 rings (SSSR count). The largest absolute Gasteiger partial charge is 0.483 e. The molecule has 2 saturated carbocycles. The average molecular weight is 434 g/mol. The SMILES string of the molecule is CC1CCC(C)CC1.CCCc1ccccc1.CNC(=O)C1CCC(C)CC1.O=CO. The molecule has 0 bridgehead atoms. The third-order valence-corrected chi connectivity index (χ3v) is 6.32. The molecule has 0 unspecified atom stereocenters. The Bertz CT molecular complexity index is 535. The van der Waals surface area contributed by atoms with Gasteiger partial charge in [0.1, 0.15) is 0 Å². The van der Waals surface area contributed by atoms with Crippen molar-refractivity contribution in [3.05, 3.63) is 35.9 Å². The fourth-order valence-electron chi connectivity index (χ4n) is 4.09. The van der Waals surface area contributed by atoms with E-state index in [4.69, 9.17) is 9.90 Å². The molecule has 0 aliphatic heterocycles. The molecule has 0 atom stereocenters. The number of aryl methyl sites for hydroxylation is 1. The number of nitrogens with one attached hydrogen (secondary N) is 1. The van der Waals surface area contributed by atoms with Gasteiger partial charge in [0.25, 0.3) is 6.47 Å². The number of hydrogen-bond acceptors (Lipinski definition) is 2. The molecule has 178 valence electrons. The van der Waals surface area contributed by atoms with Crippen LogP contribution in [0.5, 0.6) is 0 Å². The van der Waals surface area contributed by atoms with Crippen LogP contribution < -0.4 is 5.32 Å². The minimum atomic E-state index is -0.250. The summed E-state index contributed by atoms with van der Waals surface area (Å²) in [4.78, 5) is 19.5. The van der Waals surface area contributed by atoms with Crippen molar-refractivity contribution < 1.29 is 14.7 Å². The van der Waals surface area contributed by atoms with Gasteiger partial charge >= 0.3 is 0 Å². The van der Waals surface area contributed by atoms with Crippen molar-refractivity contribution in [2.45, 2.75) is 91.9 Å². The zero-order valence-corrected chi connectivity index (χ0v) is 20.6. The number of hydrogen-bond donors (Lipinski definition) is 2. The smallest absolute Gasteiger partial charge is 0.290 e. The summed E-state index contributed by atoms with van der Waals surface area (Å²) < 4.78 is 0. The van der Waals surface area contributed by atoms with Crippen molar-refractivity contribution in [2.75, 3.05) is 7.05 Å². The van der Waals surface area contributed by atoms with E-state index in [1.54, 1.807) is 7.05 Å². The summed E-state index contributed by atoms with van der Waals surface area (Å²) >= 11 is 0. The summed E-state index contributed by atoms with van der Waals surface area (Å²) in [5, 5.41) is 9.60. The lowest BCUT2D eigenvalue weighted by Crippen LogP contribution is -2.30. The number of amides is 1. The molecule has 0 spiro atoms. The monoisotopic (exact) mass is 433 g/mol. The first-order chi connectivity index (χ1) is 14.9. The predicted molar refractivity (Wildman–Crippen MR) is 131 cm³/mol. The molecule has 4 heteroatoms. The van der Waals surface area contributed by atoms with Crippen LogP contribution in [0.3, 0.4) is 0 Å². The van der Waals surface area contributed by atoms with E-state index in [2.05, 4.69) is 63.3 Å². The van der Waals surface area contributed by atoms with Gasteiger partial charge in [-0.25, -0.2) is 0 Å². The second-order valence-electron chi connectivity index (χ2n) is 9.28. The van der Waals surface area contributed by atoms with Crippen molar-refractivity contribution in [3.8, 4) is 0 Å². The molecule has 1 amide bonds. The van der Waals surface area contributed by atoms with Crippen LogP contribution in [0.15, 0.2) is 30.3 Å². The predicted octanol–water partition coefficient (Wildman–Crippen LogP) is 6.73. The summed E-state index contributed by atoms with van der Waals surface area (Å²) in [5.74, 6) is 3.40. The second-order valence-corrected chi connectivity index (χ2v) is 9.28. The van der Waals surface area contributed by atoms with E-state index in [1.807, 2.05) is 0 Å². The Balaban J connectivity index is 0.000000414. The number of rotatable bonds is 3. The van der Waals surface area contributed by atoms with Crippen LogP contribution >= 0.6 is 0 Å². The Morgan fingerprint density at radius 1 is 0.903 bits per heavy atom. The zero-order chi connectivity index (χ0) is 23.5. The van der Waals surface area contributed by atoms with E-state index in [0.717, 1.165) is 30.6 Å². The topological polar surface area (TPSA) is 66.4 Å². The molecule has 0 aromatic heterocycles. The van der Waals surface area contributed by atoms with Gasteiger partial charge in [-0.2, -0.15) is 0 Å². The molecule has 31 heavy (non-hydrogen) atoms. The van der Waals surface area contributed by atoms with Crippen molar-refractivity contribution in [3.63, 3.8) is 0 Å². The maximum atomic E-state index is 11.2. The van der Waals surface area contributed by atoms with E-state index < -0.39 is 0 Å². The first-order valence-electron chi connectivity index (χ1n) is 12.2. The van der Waals surface area contributed by atoms with Gasteiger partial charge in [-0.15, -0.1) is 0 Å². The van der Waals surface area contributed by atoms with Gasteiger partial charge in [-0.1, -0.05) is 90.1 Å². The average Bonchev–Trinajstić information content (AvgIpc) is 2.78. The van der Waals surface area contributed by atoms with Gasteiger partial charge < -0.3 is 10.4 Å². The molecular formula is C27H47NO3. The van der Waals surface area contributed by atoms with Crippen LogP contribution in [0.1, 0.15) is 91.0 Å². The molecule has 0 saturated heterocycles. The first kappa shape index (κ1) is 29.2. The van der Waals surface area contributed by atoms with Crippen LogP contribution in [0.2, 0.25) is 0 Å². The standard InChI is InChI=1S/C9H17NO.C9H12.C8H16.CH2O2/c1-7-3-5-8(6-4-7)9(11)10-2;1-2-6-9-7-4-3-5-8-9;1-7-3-5-8(2)6-4-7;2-1-3/h7-8H,3-6H2,1-2H3,(H,10,11);3-5,7-8H,2,6H2,1H3;7-8H,3-6H2,1-2H3;1H,(H,2,3). The summed E-state index contributed by atoms with van der Waals surface area (Å²) in [6.45, 7) is 8.95. The zero-order valence-electron chi connectivity index (χ0n) is 20.6. The normalized spacial score (nSPS) is 24.5. The van der Waals surface area contributed by atoms with Crippen LogP contribution in [-0.2, 0) is 16.0 Å². The third kappa shape index (κ3) is 15.6. The number of carbonyl (C=O) groups is 2. The number of carbonyl (C=O) groups excluding carboxylic acids is 1. The van der Waals surface area contributed by atoms with Crippen LogP contribution in [0, 0.1) is 23.7 Å². The highest BCUT2D eigenvalue weighted by Crippen LogP contribution is 2.28. The Morgan fingerprint density at radius 2 is 1.29 bits per heavy atom. The van der Waals surface area contributed by atoms with Gasteiger partial charge in [0.05, 0.1) is 0 Å². The van der Waals surface area contributed by atoms with Crippen molar-refractivity contribution in [2.24, 2.45) is 23.7 Å². The van der Waals surface area contributed by atoms with E-state index in [0.29, 0.717) is 5.92 Å². The van der Waals surface area contributed by atoms with E-state index >= 15 is 0 Å². The Kier molecular flexibility index (Phi) is 17.8. The van der Waals surface area contributed by atoms with Crippen molar-refractivity contribution >= 4 is 12.4 Å². The Labute approximate surface area is 191 Å². The summed E-state index contributed by atoms with van der Waals surface area (Å²) in [5.41, 5.74) is 1.44. The van der Waals surface area contributed by atoms with Crippen LogP contribution in [0.4, 0.5) is 0 Å². The molecule has 0 radical (unpaired) electrons. The first-order valence-corrected chi connectivity index (χ1v) is 12.2. The summed E-state index contributed by atoms with van der Waals surface area (Å²) in [6, 6.07) is 10.6. The molecular weight excluding hydrogens is 386 g/mol. The molecule has 2 N–H and O–H groups in total. The van der Waals surface area contributed by atoms with Crippen LogP contribution in [-0.4, -0.2) is 24.5 Å². The molecule has 0 heterocycles. The van der Waals surface area contributed by atoms with Gasteiger partial charge in [-0.05, 0) is 55.4 Å². The number of carboxylic acid groups (broad SMARTS) is 1. The molecule has 2 aliphatic carbocycles. The lowest BCUT2D eigenvalue weighted by molar-refractivity contribution is -0.125. The van der Waals surface area contributed by atoms with Crippen molar-refractivity contribution in [1.29, 1.82) is 0 Å². The van der Waals surface area contributed by atoms with E-state index in [9.17, 15) is 4.79 Å². The van der Waals surface area contributed by atoms with E-state index in [1.165, 1.54) is 56.9 Å². The Morgan fingerprint density at radius 3 is 1.65 bits per heavy atom. The quantitative estimate of drug-likeness (QED) is 0.519. The lowest BCUT2D eigenvalue weighted by Gasteiger charge is -2.24. The van der Waals surface area contributed by atoms with Crippen molar-refractivity contribution in [1.82, 2.24) is 5.32 Å². The van der Waals surface area contributed by atoms with E-state index in [-0.39, 0.29) is 12.4 Å². The number of benzene rings is 1. The molecule has 1 aromatic rings. The molecule has 1 aromatic carbocycles. The summed E-state index contributed by atoms with van der Waals surface area (Å²) in [7, 11) is 1.72. The molecule has 4 nitrogen and oxygen atoms in total. The molecule has 2 aliphatic rings. The lowest BCUT2D eigenvalue weighted by atomic mass is 9.83. The fraction of sp³-hybridized carbons (Fsp3) is 0.704. The van der Waals surface area contributed by atoms with Gasteiger partial charge in [0.15, 0.2) is 0 Å². The van der Waals surface area contributed by atoms with Gasteiger partial charge in [0.2, 0.25) is 5.91 Å². The minimum Gasteiger partial charge on any atom is -0.483 e. The highest BCUT2D eigenvalue weighted by molar-refractivity contribution is 5.78. The maximum Gasteiger partial charge on any atom is 0.290 e. The molecule has 2 fully saturated rings. The second kappa shape index (κ2) is 18.9. The third-order valence-electron chi connectivity index (χ3n) is 6.32. The highest BCUT2D eigenvalue weighted by atomic mass is 16.3. The highest BCUT2D eigenvalue weighted by Gasteiger charge is 2.22. The Hall–Kier alpha value is -1.84. The fourth-order valence-corrected chi connectivity index (χ4v) is 4.09.